The molecule has 0 bridgehead atoms. The first-order valence-electron chi connectivity index (χ1n) is 0.494. The van der Waals surface area contributed by atoms with Gasteiger partial charge in [-0.25, -0.2) is 0 Å². The van der Waals surface area contributed by atoms with Crippen molar-refractivity contribution in [3.63, 3.8) is 0 Å². The van der Waals surface area contributed by atoms with Gasteiger partial charge in [0.15, 0.2) is 0 Å². The average molecular weight is 246 g/mol. The fourth-order valence-corrected chi connectivity index (χ4v) is 0. The largest absolute Gasteiger partial charge is 2.00 e. The van der Waals surface area contributed by atoms with E-state index in [0.717, 1.165) is 0 Å². The normalized spacial score (nSPS) is 2.00. The number of carbonyl (C=O) groups is 1. The molecule has 5 heteroatoms. The van der Waals surface area contributed by atoms with Crippen LogP contribution in [0.4, 0.5) is 0 Å². The molecule has 0 heterocycles. The average Bonchev–Trinajstić information content (AvgIpc) is 0.918. The fraction of sp³-hybridized carbons (Fsp3) is 0. The van der Waals surface area contributed by atoms with Gasteiger partial charge < -0.3 is 39.1 Å². The standard InChI is InChI=1S/CH2O2.2BrH.Ca/c2-1-3;;;/h1H,(H,2,3);2*1H;/q;;;+2/p-2. The van der Waals surface area contributed by atoms with Crippen molar-refractivity contribution < 1.29 is 43.9 Å². The van der Waals surface area contributed by atoms with Gasteiger partial charge in [0.2, 0.25) is 0 Å². The van der Waals surface area contributed by atoms with E-state index in [4.69, 9.17) is 9.90 Å². The fourth-order valence-electron chi connectivity index (χ4n) is 0. The van der Waals surface area contributed by atoms with Gasteiger partial charge in [0.25, 0.3) is 6.47 Å². The monoisotopic (exact) mass is 244 g/mol. The molecule has 0 fully saturated rings. The van der Waals surface area contributed by atoms with E-state index in [1.54, 1.807) is 0 Å². The molecule has 0 amide bonds. The summed E-state index contributed by atoms with van der Waals surface area (Å²) in [5.74, 6) is 0. The van der Waals surface area contributed by atoms with Crippen LogP contribution in [-0.4, -0.2) is 49.3 Å². The summed E-state index contributed by atoms with van der Waals surface area (Å²) in [6.45, 7) is -0.250. The van der Waals surface area contributed by atoms with Crippen LogP contribution in [0.15, 0.2) is 0 Å². The van der Waals surface area contributed by atoms with Crippen LogP contribution in [0, 0.1) is 0 Å². The Kier molecular flexibility index (Phi) is 126. The summed E-state index contributed by atoms with van der Waals surface area (Å²) >= 11 is 0. The smallest absolute Gasteiger partial charge is 1.00 e. The van der Waals surface area contributed by atoms with Gasteiger partial charge in [-0.2, -0.15) is 0 Å². The van der Waals surface area contributed by atoms with Gasteiger partial charge in [-0.3, -0.25) is 4.79 Å². The molecule has 0 aliphatic carbocycles. The molecule has 6 heavy (non-hydrogen) atoms. The molecular formula is CH2Br2CaO2. The first-order chi connectivity index (χ1) is 1.41. The summed E-state index contributed by atoms with van der Waals surface area (Å²) in [4.78, 5) is 8.36. The Balaban J connectivity index is -0.00000000667. The van der Waals surface area contributed by atoms with E-state index in [1.165, 1.54) is 0 Å². The predicted molar refractivity (Wildman–Crippen MR) is 14.4 cm³/mol. The summed E-state index contributed by atoms with van der Waals surface area (Å²) in [6, 6.07) is 0. The van der Waals surface area contributed by atoms with Crippen molar-refractivity contribution in [2.24, 2.45) is 0 Å². The van der Waals surface area contributed by atoms with Crippen LogP contribution in [0.5, 0.6) is 0 Å². The van der Waals surface area contributed by atoms with Crippen LogP contribution < -0.4 is 34.0 Å². The maximum absolute atomic E-state index is 8.36. The zero-order valence-corrected chi connectivity index (χ0v) is 8.28. The maximum Gasteiger partial charge on any atom is 2.00 e. The van der Waals surface area contributed by atoms with Crippen molar-refractivity contribution in [3.05, 3.63) is 0 Å². The molecule has 34 valence electrons. The van der Waals surface area contributed by atoms with Crippen LogP contribution in [-0.2, 0) is 4.79 Å². The minimum Gasteiger partial charge on any atom is -1.00 e. The van der Waals surface area contributed by atoms with Gasteiger partial charge in [0.1, 0.15) is 0 Å². The van der Waals surface area contributed by atoms with Crippen LogP contribution >= 0.6 is 0 Å². The molecule has 0 rings (SSSR count). The van der Waals surface area contributed by atoms with Gasteiger partial charge in [0, 0.05) is 0 Å². The second-order valence-electron chi connectivity index (χ2n) is 0.105. The Morgan fingerprint density at radius 3 is 1.33 bits per heavy atom. The Hall–Kier alpha value is 1.69. The first kappa shape index (κ1) is 25.3. The molecule has 0 radical (unpaired) electrons. The molecule has 0 atom stereocenters. The van der Waals surface area contributed by atoms with Crippen molar-refractivity contribution in [1.82, 2.24) is 0 Å². The minimum atomic E-state index is -0.250. The maximum atomic E-state index is 8.36. The van der Waals surface area contributed by atoms with E-state index in [9.17, 15) is 0 Å². The molecule has 0 unspecified atom stereocenters. The molecule has 0 aromatic heterocycles. The molecular weight excluding hydrogens is 244 g/mol. The second kappa shape index (κ2) is 29.9. The van der Waals surface area contributed by atoms with Crippen molar-refractivity contribution >= 4 is 44.2 Å². The van der Waals surface area contributed by atoms with E-state index in [0.29, 0.717) is 0 Å². The van der Waals surface area contributed by atoms with Gasteiger partial charge in [-0.1, -0.05) is 0 Å². The summed E-state index contributed by atoms with van der Waals surface area (Å²) in [7, 11) is 0. The van der Waals surface area contributed by atoms with Crippen LogP contribution in [0.2, 0.25) is 0 Å². The van der Waals surface area contributed by atoms with Gasteiger partial charge in [-0.05, 0) is 0 Å². The number of halogens is 2. The zero-order valence-electron chi connectivity index (χ0n) is 2.90. The van der Waals surface area contributed by atoms with E-state index in [-0.39, 0.29) is 78.2 Å². The quantitative estimate of drug-likeness (QED) is 0.341. The van der Waals surface area contributed by atoms with E-state index < -0.39 is 0 Å². The van der Waals surface area contributed by atoms with Crippen molar-refractivity contribution in [1.29, 1.82) is 0 Å². The molecule has 0 spiro atoms. The minimum absolute atomic E-state index is 0. The summed E-state index contributed by atoms with van der Waals surface area (Å²) in [6.07, 6.45) is 0. The third-order valence-corrected chi connectivity index (χ3v) is 0. The van der Waals surface area contributed by atoms with Crippen molar-refractivity contribution in [2.45, 2.75) is 0 Å². The third kappa shape index (κ3) is 43.8. The molecule has 0 saturated heterocycles. The Labute approximate surface area is 86.8 Å². The van der Waals surface area contributed by atoms with E-state index in [1.807, 2.05) is 0 Å². The predicted octanol–water partition coefficient (Wildman–Crippen LogP) is -6.67. The van der Waals surface area contributed by atoms with Gasteiger partial charge >= 0.3 is 37.7 Å². The molecule has 0 aliphatic heterocycles. The van der Waals surface area contributed by atoms with Crippen LogP contribution in [0.3, 0.4) is 0 Å². The Morgan fingerprint density at radius 1 is 1.33 bits per heavy atom. The third-order valence-electron chi connectivity index (χ3n) is 0. The summed E-state index contributed by atoms with van der Waals surface area (Å²) in [5.41, 5.74) is 0. The van der Waals surface area contributed by atoms with Crippen LogP contribution in [0.25, 0.3) is 0 Å². The van der Waals surface area contributed by atoms with E-state index in [2.05, 4.69) is 0 Å². The zero-order chi connectivity index (χ0) is 2.71. The van der Waals surface area contributed by atoms with Gasteiger partial charge in [0.05, 0.1) is 0 Å². The molecule has 0 aromatic rings. The number of hydrogen-bond donors (Lipinski definition) is 1. The summed E-state index contributed by atoms with van der Waals surface area (Å²) < 4.78 is 0. The van der Waals surface area contributed by atoms with Gasteiger partial charge in [-0.15, -0.1) is 0 Å². The molecule has 2 nitrogen and oxygen atoms in total. The van der Waals surface area contributed by atoms with Crippen molar-refractivity contribution in [2.75, 3.05) is 0 Å². The topological polar surface area (TPSA) is 37.3 Å². The molecule has 0 aromatic carbocycles. The second-order valence-corrected chi connectivity index (χ2v) is 0.105. The number of hydrogen-bond acceptors (Lipinski definition) is 1. The van der Waals surface area contributed by atoms with Crippen LogP contribution in [0.1, 0.15) is 0 Å². The number of rotatable bonds is 0. The first-order valence-corrected chi connectivity index (χ1v) is 0.494. The molecule has 0 saturated carbocycles. The SMILES string of the molecule is O=CO.[Br-].[Br-].[Ca+2]. The number of carboxylic acid groups (broad SMARTS) is 1. The Morgan fingerprint density at radius 2 is 1.33 bits per heavy atom. The van der Waals surface area contributed by atoms with Crippen molar-refractivity contribution in [3.8, 4) is 0 Å². The molecule has 1 N–H and O–H groups in total. The summed E-state index contributed by atoms with van der Waals surface area (Å²) in [5, 5.41) is 6.89. The Bertz CT molecular complexity index is 19.0. The molecule has 0 aliphatic rings. The van der Waals surface area contributed by atoms with E-state index >= 15 is 0 Å².